The van der Waals surface area contributed by atoms with Crippen molar-refractivity contribution in [2.24, 2.45) is 0 Å². The quantitative estimate of drug-likeness (QED) is 0.201. The zero-order valence-electron chi connectivity index (χ0n) is 22.1. The summed E-state index contributed by atoms with van der Waals surface area (Å²) in [4.78, 5) is 13.6. The summed E-state index contributed by atoms with van der Waals surface area (Å²) >= 11 is 0. The van der Waals surface area contributed by atoms with Gasteiger partial charge in [0.05, 0.1) is 11.8 Å². The predicted octanol–water partition coefficient (Wildman–Crippen LogP) is 5.82. The van der Waals surface area contributed by atoms with Crippen LogP contribution in [0.25, 0.3) is 0 Å². The second-order valence-corrected chi connectivity index (χ2v) is 11.5. The molecule has 3 N–H and O–H groups in total. The van der Waals surface area contributed by atoms with Crippen molar-refractivity contribution in [3.63, 3.8) is 0 Å². The number of rotatable bonds is 16. The number of benzene rings is 3. The molecule has 0 aliphatic heterocycles. The van der Waals surface area contributed by atoms with Crippen molar-refractivity contribution in [1.29, 1.82) is 0 Å². The van der Waals surface area contributed by atoms with Gasteiger partial charge in [-0.25, -0.2) is 13.1 Å². The van der Waals surface area contributed by atoms with E-state index in [2.05, 4.69) is 17.0 Å². The van der Waals surface area contributed by atoms with Crippen LogP contribution in [0.15, 0.2) is 91.0 Å². The maximum absolute atomic E-state index is 13.6. The summed E-state index contributed by atoms with van der Waals surface area (Å²) in [7, 11) is -3.78. The van der Waals surface area contributed by atoms with E-state index in [1.807, 2.05) is 66.7 Å². The average Bonchev–Trinajstić information content (AvgIpc) is 2.93. The van der Waals surface area contributed by atoms with Crippen LogP contribution in [0.1, 0.15) is 80.7 Å². The Labute approximate surface area is 227 Å². The molecule has 1 amide bonds. The number of unbranched alkanes of at least 4 members (excludes halogenated alkanes) is 5. The summed E-state index contributed by atoms with van der Waals surface area (Å²) in [5.74, 6) is -0.651. The number of carbonyl (C=O) groups excluding carboxylic acids is 1. The van der Waals surface area contributed by atoms with Crippen LogP contribution in [-0.4, -0.2) is 25.5 Å². The van der Waals surface area contributed by atoms with E-state index in [1.54, 1.807) is 24.3 Å². The van der Waals surface area contributed by atoms with E-state index >= 15 is 0 Å². The Morgan fingerprint density at radius 3 is 1.89 bits per heavy atom. The maximum Gasteiger partial charge on any atom is 0.238 e. The van der Waals surface area contributed by atoms with Crippen LogP contribution in [0.4, 0.5) is 0 Å². The molecule has 0 aliphatic rings. The Morgan fingerprint density at radius 2 is 1.29 bits per heavy atom. The number of amides is 1. The molecule has 0 heterocycles. The smallest absolute Gasteiger partial charge is 0.238 e. The molecule has 204 valence electrons. The van der Waals surface area contributed by atoms with Gasteiger partial charge >= 0.3 is 0 Å². The van der Waals surface area contributed by atoms with Crippen molar-refractivity contribution < 1.29 is 18.3 Å². The number of aliphatic hydroxyl groups is 1. The molecule has 0 aliphatic carbocycles. The van der Waals surface area contributed by atoms with Gasteiger partial charge in [-0.2, -0.15) is 0 Å². The maximum atomic E-state index is 13.6. The molecule has 0 saturated carbocycles. The Morgan fingerprint density at radius 1 is 0.763 bits per heavy atom. The molecule has 0 bridgehead atoms. The lowest BCUT2D eigenvalue weighted by Crippen LogP contribution is -2.48. The molecule has 3 rings (SSSR count). The number of carbonyl (C=O) groups is 1. The molecule has 0 aromatic heterocycles. The first-order valence-corrected chi connectivity index (χ1v) is 15.2. The van der Waals surface area contributed by atoms with Crippen molar-refractivity contribution in [3.05, 3.63) is 108 Å². The van der Waals surface area contributed by atoms with Crippen molar-refractivity contribution >= 4 is 15.9 Å². The van der Waals surface area contributed by atoms with Crippen LogP contribution < -0.4 is 10.0 Å². The highest BCUT2D eigenvalue weighted by Gasteiger charge is 2.30. The number of hydrogen-bond donors (Lipinski definition) is 3. The van der Waals surface area contributed by atoms with Gasteiger partial charge in [0.25, 0.3) is 0 Å². The Balaban J connectivity index is 1.78. The van der Waals surface area contributed by atoms with Gasteiger partial charge in [-0.1, -0.05) is 136 Å². The minimum Gasteiger partial charge on any atom is -0.386 e. The summed E-state index contributed by atoms with van der Waals surface area (Å²) in [5.41, 5.74) is 2.06. The summed E-state index contributed by atoms with van der Waals surface area (Å²) < 4.78 is 28.8. The Hall–Kier alpha value is -3.00. The lowest BCUT2D eigenvalue weighted by atomic mass is 9.95. The fraction of sp³-hybridized carbons (Fsp3) is 0.387. The van der Waals surface area contributed by atoms with Crippen molar-refractivity contribution in [3.8, 4) is 0 Å². The first kappa shape index (κ1) is 29.6. The molecular weight excluding hydrogens is 496 g/mol. The molecule has 3 aromatic rings. The zero-order valence-corrected chi connectivity index (χ0v) is 22.9. The lowest BCUT2D eigenvalue weighted by Gasteiger charge is -2.28. The first-order valence-electron chi connectivity index (χ1n) is 13.5. The Bertz CT molecular complexity index is 1190. The van der Waals surface area contributed by atoms with Crippen LogP contribution in [0, 0.1) is 0 Å². The summed E-state index contributed by atoms with van der Waals surface area (Å²) in [6.07, 6.45) is 5.54. The van der Waals surface area contributed by atoms with Crippen LogP contribution in [0.5, 0.6) is 0 Å². The molecule has 7 heteroatoms. The zero-order chi connectivity index (χ0) is 27.2. The molecule has 38 heavy (non-hydrogen) atoms. The van der Waals surface area contributed by atoms with Crippen LogP contribution in [-0.2, 0) is 20.6 Å². The Kier molecular flexibility index (Phi) is 12.0. The second-order valence-electron chi connectivity index (χ2n) is 9.72. The van der Waals surface area contributed by atoms with Crippen molar-refractivity contribution in [1.82, 2.24) is 10.0 Å². The van der Waals surface area contributed by atoms with E-state index in [0.717, 1.165) is 37.7 Å². The lowest BCUT2D eigenvalue weighted by molar-refractivity contribution is -0.124. The van der Waals surface area contributed by atoms with Crippen molar-refractivity contribution in [2.45, 2.75) is 75.8 Å². The van der Waals surface area contributed by atoms with Gasteiger partial charge in [0.2, 0.25) is 15.9 Å². The standard InChI is InChI=1S/C31H40N2O4S/c1-2-3-4-5-6-16-23-28(33-38(36,37)24-25-17-10-7-11-18-25)31(35)32-29(26-19-12-8-13-20-26)30(34)27-21-14-9-15-22-27/h7-15,17-22,28-30,33-34H,2-6,16,23-24H2,1H3,(H,32,35). The molecule has 0 spiro atoms. The summed E-state index contributed by atoms with van der Waals surface area (Å²) in [6.45, 7) is 2.16. The number of hydrogen-bond acceptors (Lipinski definition) is 4. The number of aliphatic hydroxyl groups excluding tert-OH is 1. The minimum absolute atomic E-state index is 0.205. The highest BCUT2D eigenvalue weighted by Crippen LogP contribution is 2.29. The fourth-order valence-corrected chi connectivity index (χ4v) is 5.90. The van der Waals surface area contributed by atoms with Gasteiger partial charge in [-0.3, -0.25) is 4.79 Å². The van der Waals surface area contributed by atoms with Gasteiger partial charge in [-0.05, 0) is 23.1 Å². The largest absolute Gasteiger partial charge is 0.386 e. The molecular formula is C31H40N2O4S. The SMILES string of the molecule is CCCCCCCCC(NS(=O)(=O)Cc1ccccc1)C(=O)NC(c1ccccc1)C(O)c1ccccc1. The summed E-state index contributed by atoms with van der Waals surface area (Å²) in [6, 6.07) is 25.7. The summed E-state index contributed by atoms with van der Waals surface area (Å²) in [5, 5.41) is 14.2. The van der Waals surface area contributed by atoms with E-state index in [0.29, 0.717) is 17.5 Å². The van der Waals surface area contributed by atoms with Gasteiger partial charge in [0.1, 0.15) is 12.1 Å². The molecule has 0 radical (unpaired) electrons. The normalized spacial score (nSPS) is 13.9. The number of nitrogens with one attached hydrogen (secondary N) is 2. The van der Waals surface area contributed by atoms with Gasteiger partial charge in [0, 0.05) is 0 Å². The minimum atomic E-state index is -3.78. The average molecular weight is 537 g/mol. The van der Waals surface area contributed by atoms with Crippen LogP contribution in [0.3, 0.4) is 0 Å². The first-order chi connectivity index (χ1) is 18.4. The van der Waals surface area contributed by atoms with E-state index < -0.39 is 34.1 Å². The molecule has 3 unspecified atom stereocenters. The van der Waals surface area contributed by atoms with E-state index in [1.165, 1.54) is 6.42 Å². The fourth-order valence-electron chi connectivity index (χ4n) is 4.53. The molecule has 3 atom stereocenters. The van der Waals surface area contributed by atoms with Crippen LogP contribution in [0.2, 0.25) is 0 Å². The highest BCUT2D eigenvalue weighted by molar-refractivity contribution is 7.88. The van der Waals surface area contributed by atoms with Gasteiger partial charge < -0.3 is 10.4 Å². The predicted molar refractivity (Wildman–Crippen MR) is 153 cm³/mol. The van der Waals surface area contributed by atoms with E-state index in [9.17, 15) is 18.3 Å². The van der Waals surface area contributed by atoms with Gasteiger partial charge in [-0.15, -0.1) is 0 Å². The third kappa shape index (κ3) is 9.71. The second kappa shape index (κ2) is 15.4. The molecule has 0 saturated heterocycles. The topological polar surface area (TPSA) is 95.5 Å². The third-order valence-corrected chi connectivity index (χ3v) is 7.95. The van der Waals surface area contributed by atoms with Gasteiger partial charge in [0.15, 0.2) is 0 Å². The molecule has 3 aromatic carbocycles. The van der Waals surface area contributed by atoms with E-state index in [-0.39, 0.29) is 5.75 Å². The van der Waals surface area contributed by atoms with Crippen LogP contribution >= 0.6 is 0 Å². The number of sulfonamides is 1. The monoisotopic (exact) mass is 536 g/mol. The molecule has 0 fully saturated rings. The van der Waals surface area contributed by atoms with Crippen molar-refractivity contribution in [2.75, 3.05) is 0 Å². The highest BCUT2D eigenvalue weighted by atomic mass is 32.2. The molecule has 6 nitrogen and oxygen atoms in total. The third-order valence-electron chi connectivity index (χ3n) is 6.60. The van der Waals surface area contributed by atoms with E-state index in [4.69, 9.17) is 0 Å².